The van der Waals surface area contributed by atoms with Gasteiger partial charge in [-0.2, -0.15) is 0 Å². The van der Waals surface area contributed by atoms with Crippen molar-refractivity contribution in [3.8, 4) is 0 Å². The van der Waals surface area contributed by atoms with E-state index in [1.54, 1.807) is 22.0 Å². The second kappa shape index (κ2) is 18.5. The quantitative estimate of drug-likeness (QED) is 0.357. The normalized spacial score (nSPS) is 7.62. The van der Waals surface area contributed by atoms with E-state index in [0.29, 0.717) is 0 Å². The van der Waals surface area contributed by atoms with E-state index in [9.17, 15) is 0 Å². The van der Waals surface area contributed by atoms with Gasteiger partial charge in [-0.25, -0.2) is 0 Å². The molecule has 88 valence electrons. The largest absolute Gasteiger partial charge is 0.999 e. The standard InChI is InChI=1S/2C5H.H2S5.Ti/c2*1-2-4-5-3-1;1-3-5-4-2;/h2*1H;1-2H;/q2*-5;;/p+2. The molecule has 0 N–H and O–H groups in total. The predicted molar refractivity (Wildman–Crippen MR) is 77.8 cm³/mol. The summed E-state index contributed by atoms with van der Waals surface area (Å²) in [5.41, 5.74) is 0. The molecule has 0 spiro atoms. The van der Waals surface area contributed by atoms with Gasteiger partial charge >= 0.3 is 0 Å². The van der Waals surface area contributed by atoms with Gasteiger partial charge in [-0.1, -0.05) is 0 Å². The molecule has 0 radical (unpaired) electrons. The molecule has 0 nitrogen and oxygen atoms in total. The van der Waals surface area contributed by atoms with Crippen LogP contribution in [0, 0.1) is 48.5 Å². The van der Waals surface area contributed by atoms with Crippen LogP contribution < -0.4 is 0 Å². The maximum absolute atomic E-state index is 3.18. The zero-order chi connectivity index (χ0) is 11.2. The van der Waals surface area contributed by atoms with Crippen molar-refractivity contribution in [2.45, 2.75) is 0 Å². The Labute approximate surface area is 134 Å². The molecule has 2 aromatic carbocycles. The minimum atomic E-state index is 0. The van der Waals surface area contributed by atoms with Crippen LogP contribution in [0.5, 0.6) is 0 Å². The van der Waals surface area contributed by atoms with E-state index in [1.165, 1.54) is 19.7 Å². The van der Waals surface area contributed by atoms with Crippen molar-refractivity contribution >= 4 is 52.8 Å². The van der Waals surface area contributed by atoms with Crippen LogP contribution in [-0.2, 0) is 45.0 Å². The molecule has 0 aromatic heterocycles. The molecule has 0 saturated heterocycles. The molecule has 0 aliphatic rings. The fraction of sp³-hybridized carbons (Fsp3) is 0. The van der Waals surface area contributed by atoms with Crippen LogP contribution in [0.2, 0.25) is 0 Å². The maximum Gasteiger partial charge on any atom is 0.173 e. The molecule has 2 aromatic rings. The third-order valence-corrected chi connectivity index (χ3v) is 6.21. The van der Waals surface area contributed by atoms with E-state index in [2.05, 4.69) is 71.9 Å². The zero-order valence-electron chi connectivity index (χ0n) is 7.88. The van der Waals surface area contributed by atoms with Gasteiger partial charge in [0.15, 0.2) is 19.7 Å². The molecular formula is C10H6S5Ti-8. The van der Waals surface area contributed by atoms with Crippen LogP contribution >= 0.6 is 29.5 Å². The van der Waals surface area contributed by atoms with Crippen molar-refractivity contribution in [3.05, 3.63) is 60.7 Å². The van der Waals surface area contributed by atoms with Crippen molar-refractivity contribution < 1.29 is 21.7 Å². The Kier molecular flexibility index (Phi) is 22.6. The molecule has 6 heteroatoms. The Hall–Kier alpha value is 1.16. The van der Waals surface area contributed by atoms with Crippen LogP contribution in [0.3, 0.4) is 0 Å². The average molecular weight is 334 g/mol. The van der Waals surface area contributed by atoms with Crippen molar-refractivity contribution in [1.82, 2.24) is 0 Å². The second-order valence-electron chi connectivity index (χ2n) is 1.60. The molecule has 0 bridgehead atoms. The monoisotopic (exact) mass is 334 g/mol. The van der Waals surface area contributed by atoms with Gasteiger partial charge in [-0.15, -0.1) is 0 Å². The smallest absolute Gasteiger partial charge is 0.173 e. The Balaban J connectivity index is 0. The first kappa shape index (κ1) is 19.5. The van der Waals surface area contributed by atoms with Gasteiger partial charge in [0.25, 0.3) is 0 Å². The van der Waals surface area contributed by atoms with Crippen LogP contribution in [0.4, 0.5) is 0 Å². The zero-order valence-corrected chi connectivity index (χ0v) is 13.9. The van der Waals surface area contributed by atoms with E-state index in [1.807, 2.05) is 0 Å². The summed E-state index contributed by atoms with van der Waals surface area (Å²) in [6.45, 7) is 0. The fourth-order valence-corrected chi connectivity index (χ4v) is 4.49. The SMILES string of the molecule is [SH2+]SSS[SH2+].[Ti].[c-]1[c-][c-][cH-][c-]1.[c-]1[c-][c-][cH-][c-]1. The number of hydrogen-bond acceptors (Lipinski definition) is 3. The van der Waals surface area contributed by atoms with Crippen LogP contribution in [0.25, 0.3) is 0 Å². The van der Waals surface area contributed by atoms with Crippen molar-refractivity contribution in [2.24, 2.45) is 0 Å². The number of hydrogen-bond donors (Lipinski definition) is 0. The van der Waals surface area contributed by atoms with E-state index in [4.69, 9.17) is 0 Å². The van der Waals surface area contributed by atoms with E-state index >= 15 is 0 Å². The van der Waals surface area contributed by atoms with E-state index < -0.39 is 0 Å². The van der Waals surface area contributed by atoms with E-state index in [0.717, 1.165) is 0 Å². The number of rotatable bonds is 2. The molecule has 2 rings (SSSR count). The molecule has 0 aliphatic heterocycles. The summed E-state index contributed by atoms with van der Waals surface area (Å²) >= 11 is 6.36. The fourth-order valence-electron chi connectivity index (χ4n) is 0.378. The minimum Gasteiger partial charge on any atom is -0.999 e. The summed E-state index contributed by atoms with van der Waals surface area (Å²) in [6, 6.07) is 24.0. The van der Waals surface area contributed by atoms with Gasteiger partial charge in [0.05, 0.1) is 9.83 Å². The van der Waals surface area contributed by atoms with Crippen molar-refractivity contribution in [1.29, 1.82) is 0 Å². The summed E-state index contributed by atoms with van der Waals surface area (Å²) < 4.78 is 0. The molecule has 16 heavy (non-hydrogen) atoms. The second-order valence-corrected chi connectivity index (χ2v) is 7.70. The van der Waals surface area contributed by atoms with Crippen LogP contribution in [-0.4, -0.2) is 0 Å². The Morgan fingerprint density at radius 1 is 0.688 bits per heavy atom. The summed E-state index contributed by atoms with van der Waals surface area (Å²) in [7, 11) is 4.70. The van der Waals surface area contributed by atoms with Crippen molar-refractivity contribution in [3.63, 3.8) is 0 Å². The molecule has 0 unspecified atom stereocenters. The Bertz CT molecular complexity index is 194. The molecule has 0 aliphatic carbocycles. The van der Waals surface area contributed by atoms with Crippen LogP contribution in [0.1, 0.15) is 0 Å². The van der Waals surface area contributed by atoms with Gasteiger partial charge in [0.2, 0.25) is 0 Å². The van der Waals surface area contributed by atoms with Crippen molar-refractivity contribution in [2.75, 3.05) is 0 Å². The Morgan fingerprint density at radius 2 is 1.00 bits per heavy atom. The Morgan fingerprint density at radius 3 is 1.06 bits per heavy atom. The minimum absolute atomic E-state index is 0. The summed E-state index contributed by atoms with van der Waals surface area (Å²) in [5, 5.41) is 0. The first-order valence-electron chi connectivity index (χ1n) is 3.40. The van der Waals surface area contributed by atoms with Crippen LogP contribution in [0.15, 0.2) is 12.1 Å². The third kappa shape index (κ3) is 17.6. The van der Waals surface area contributed by atoms with Gasteiger partial charge < -0.3 is 60.7 Å². The predicted octanol–water partition coefficient (Wildman–Crippen LogP) is 2.08. The van der Waals surface area contributed by atoms with Gasteiger partial charge in [0, 0.05) is 45.0 Å². The summed E-state index contributed by atoms with van der Waals surface area (Å²) in [6.07, 6.45) is 0. The molecule has 0 saturated carbocycles. The first-order chi connectivity index (χ1) is 7.41. The van der Waals surface area contributed by atoms with E-state index in [-0.39, 0.29) is 21.7 Å². The first-order valence-corrected chi connectivity index (χ1v) is 9.33. The third-order valence-electron chi connectivity index (χ3n) is 0.770. The van der Waals surface area contributed by atoms with Gasteiger partial charge in [-0.3, -0.25) is 0 Å². The van der Waals surface area contributed by atoms with Gasteiger partial charge in [0.1, 0.15) is 0 Å². The molecule has 0 fully saturated rings. The molecule has 0 heterocycles. The average Bonchev–Trinajstić information content (AvgIpc) is 2.99. The topological polar surface area (TPSA) is 0 Å². The summed E-state index contributed by atoms with van der Waals surface area (Å²) in [5.74, 6) is 0. The molecule has 0 atom stereocenters. The molecule has 0 amide bonds. The molecular weight excluding hydrogens is 328 g/mol. The van der Waals surface area contributed by atoms with Gasteiger partial charge in [-0.05, 0) is 0 Å². The summed E-state index contributed by atoms with van der Waals surface area (Å²) in [4.78, 5) is 0. The maximum atomic E-state index is 3.18.